The average Bonchev–Trinajstić information content (AvgIpc) is 2.72. The maximum atomic E-state index is 5.87. The largest absolute Gasteiger partial charge is 0.493 e. The van der Waals surface area contributed by atoms with Gasteiger partial charge in [-0.25, -0.2) is 0 Å². The smallest absolute Gasteiger partial charge is 0.122 e. The zero-order valence-corrected chi connectivity index (χ0v) is 10.2. The monoisotopic (exact) mass is 219 g/mol. The molecule has 2 atom stereocenters. The molecular weight excluding hydrogens is 198 g/mol. The summed E-state index contributed by atoms with van der Waals surface area (Å²) in [6.45, 7) is 5.15. The van der Waals surface area contributed by atoms with E-state index in [2.05, 4.69) is 32.0 Å². The van der Waals surface area contributed by atoms with Crippen molar-refractivity contribution in [3.8, 4) is 5.75 Å². The first-order chi connectivity index (χ1) is 7.66. The molecule has 16 heavy (non-hydrogen) atoms. The van der Waals surface area contributed by atoms with Crippen LogP contribution in [0.4, 0.5) is 0 Å². The minimum atomic E-state index is 0.290. The Balaban J connectivity index is 1.95. The van der Waals surface area contributed by atoms with E-state index in [9.17, 15) is 0 Å². The second kappa shape index (κ2) is 4.88. The first-order valence-electron chi connectivity index (χ1n) is 6.17. The van der Waals surface area contributed by atoms with Gasteiger partial charge in [-0.2, -0.15) is 0 Å². The lowest BCUT2D eigenvalue weighted by molar-refractivity contribution is 0.357. The van der Waals surface area contributed by atoms with Crippen molar-refractivity contribution in [1.29, 1.82) is 0 Å². The third-order valence-corrected chi connectivity index (χ3v) is 3.54. The summed E-state index contributed by atoms with van der Waals surface area (Å²) in [5.41, 5.74) is 8.65. The van der Waals surface area contributed by atoms with Gasteiger partial charge in [0.15, 0.2) is 0 Å². The molecule has 0 amide bonds. The zero-order valence-electron chi connectivity index (χ0n) is 10.2. The molecular formula is C14H21NO. The van der Waals surface area contributed by atoms with Crippen molar-refractivity contribution in [3.05, 3.63) is 29.3 Å². The van der Waals surface area contributed by atoms with E-state index < -0.39 is 0 Å². The minimum absolute atomic E-state index is 0.290. The van der Waals surface area contributed by atoms with Gasteiger partial charge in [0.05, 0.1) is 6.61 Å². The maximum Gasteiger partial charge on any atom is 0.122 e. The lowest BCUT2D eigenvalue weighted by Gasteiger charge is -2.15. The number of nitrogens with two attached hydrogens (primary N) is 1. The third-order valence-electron chi connectivity index (χ3n) is 3.54. The molecule has 88 valence electrons. The molecule has 1 aliphatic heterocycles. The Morgan fingerprint density at radius 2 is 2.19 bits per heavy atom. The highest BCUT2D eigenvalue weighted by Gasteiger charge is 2.13. The summed E-state index contributed by atoms with van der Waals surface area (Å²) >= 11 is 0. The van der Waals surface area contributed by atoms with Gasteiger partial charge in [0, 0.05) is 12.5 Å². The molecule has 2 nitrogen and oxygen atoms in total. The van der Waals surface area contributed by atoms with Gasteiger partial charge in [-0.1, -0.05) is 19.1 Å². The molecule has 2 unspecified atom stereocenters. The highest BCUT2D eigenvalue weighted by atomic mass is 16.5. The fourth-order valence-corrected chi connectivity index (χ4v) is 2.05. The predicted molar refractivity (Wildman–Crippen MR) is 66.8 cm³/mol. The number of fused-ring (bicyclic) bond motifs is 1. The number of hydrogen-bond donors (Lipinski definition) is 1. The molecule has 2 rings (SSSR count). The van der Waals surface area contributed by atoms with E-state index in [4.69, 9.17) is 10.5 Å². The first kappa shape index (κ1) is 11.5. The molecule has 1 aromatic carbocycles. The summed E-state index contributed by atoms with van der Waals surface area (Å²) in [5.74, 6) is 1.66. The predicted octanol–water partition coefficient (Wildman–Crippen LogP) is 2.54. The fraction of sp³-hybridized carbons (Fsp3) is 0.571. The number of benzene rings is 1. The van der Waals surface area contributed by atoms with Crippen LogP contribution < -0.4 is 10.5 Å². The summed E-state index contributed by atoms with van der Waals surface area (Å²) in [6, 6.07) is 6.86. The Bertz CT molecular complexity index is 360. The second-order valence-corrected chi connectivity index (χ2v) is 4.92. The molecule has 0 fully saturated rings. The molecule has 1 aromatic rings. The molecule has 0 radical (unpaired) electrons. The standard InChI is InChI=1S/C14H21NO/c1-10(11(2)15)3-4-12-5-6-14-13(9-12)7-8-16-14/h5-6,9-11H,3-4,7-8,15H2,1-2H3. The lowest BCUT2D eigenvalue weighted by Crippen LogP contribution is -2.24. The molecule has 0 aromatic heterocycles. The van der Waals surface area contributed by atoms with Crippen molar-refractivity contribution in [2.24, 2.45) is 11.7 Å². The summed E-state index contributed by atoms with van der Waals surface area (Å²) in [7, 11) is 0. The van der Waals surface area contributed by atoms with Gasteiger partial charge in [0.1, 0.15) is 5.75 Å². The van der Waals surface area contributed by atoms with Gasteiger partial charge < -0.3 is 10.5 Å². The van der Waals surface area contributed by atoms with E-state index in [0.29, 0.717) is 5.92 Å². The number of hydrogen-bond acceptors (Lipinski definition) is 2. The van der Waals surface area contributed by atoms with Crippen molar-refractivity contribution in [2.75, 3.05) is 6.61 Å². The molecule has 0 spiro atoms. The summed E-state index contributed by atoms with van der Waals surface area (Å²) in [6.07, 6.45) is 3.35. The lowest BCUT2D eigenvalue weighted by atomic mass is 9.95. The quantitative estimate of drug-likeness (QED) is 0.844. The fourth-order valence-electron chi connectivity index (χ4n) is 2.05. The third kappa shape index (κ3) is 2.56. The van der Waals surface area contributed by atoms with Crippen LogP contribution in [0.2, 0.25) is 0 Å². The van der Waals surface area contributed by atoms with E-state index in [1.807, 2.05) is 0 Å². The Morgan fingerprint density at radius 1 is 1.38 bits per heavy atom. The summed E-state index contributed by atoms with van der Waals surface area (Å²) in [4.78, 5) is 0. The molecule has 0 saturated heterocycles. The van der Waals surface area contributed by atoms with E-state index in [0.717, 1.165) is 31.6 Å². The van der Waals surface area contributed by atoms with Crippen molar-refractivity contribution >= 4 is 0 Å². The first-order valence-corrected chi connectivity index (χ1v) is 6.17. The van der Waals surface area contributed by atoms with Gasteiger partial charge in [-0.15, -0.1) is 0 Å². The molecule has 2 heteroatoms. The van der Waals surface area contributed by atoms with Gasteiger partial charge in [0.2, 0.25) is 0 Å². The van der Waals surface area contributed by atoms with E-state index in [1.54, 1.807) is 0 Å². The Hall–Kier alpha value is -1.02. The molecule has 1 aliphatic rings. The highest BCUT2D eigenvalue weighted by molar-refractivity contribution is 5.39. The average molecular weight is 219 g/mol. The van der Waals surface area contributed by atoms with Crippen molar-refractivity contribution < 1.29 is 4.74 Å². The van der Waals surface area contributed by atoms with Gasteiger partial charge >= 0.3 is 0 Å². The molecule has 0 bridgehead atoms. The Labute approximate surface area is 97.8 Å². The minimum Gasteiger partial charge on any atom is -0.493 e. The van der Waals surface area contributed by atoms with Crippen LogP contribution in [0.15, 0.2) is 18.2 Å². The number of aryl methyl sites for hydroxylation is 1. The summed E-state index contributed by atoms with van der Waals surface area (Å²) < 4.78 is 5.50. The van der Waals surface area contributed by atoms with Crippen molar-refractivity contribution in [1.82, 2.24) is 0 Å². The van der Waals surface area contributed by atoms with Crippen LogP contribution in [0.1, 0.15) is 31.4 Å². The van der Waals surface area contributed by atoms with Crippen molar-refractivity contribution in [2.45, 2.75) is 39.2 Å². The van der Waals surface area contributed by atoms with Crippen LogP contribution in [0, 0.1) is 5.92 Å². The molecule has 0 saturated carbocycles. The van der Waals surface area contributed by atoms with Crippen LogP contribution in [-0.2, 0) is 12.8 Å². The van der Waals surface area contributed by atoms with Gasteiger partial charge in [-0.3, -0.25) is 0 Å². The second-order valence-electron chi connectivity index (χ2n) is 4.92. The van der Waals surface area contributed by atoms with Gasteiger partial charge in [0.25, 0.3) is 0 Å². The van der Waals surface area contributed by atoms with Gasteiger partial charge in [-0.05, 0) is 42.9 Å². The van der Waals surface area contributed by atoms with Crippen LogP contribution >= 0.6 is 0 Å². The van der Waals surface area contributed by atoms with E-state index >= 15 is 0 Å². The molecule has 2 N–H and O–H groups in total. The normalized spacial score (nSPS) is 17.7. The molecule has 0 aliphatic carbocycles. The highest BCUT2D eigenvalue weighted by Crippen LogP contribution is 2.26. The summed E-state index contributed by atoms with van der Waals surface area (Å²) in [5, 5.41) is 0. The molecule has 1 heterocycles. The van der Waals surface area contributed by atoms with Crippen molar-refractivity contribution in [3.63, 3.8) is 0 Å². The van der Waals surface area contributed by atoms with Crippen LogP contribution in [-0.4, -0.2) is 12.6 Å². The zero-order chi connectivity index (χ0) is 11.5. The van der Waals surface area contributed by atoms with E-state index in [-0.39, 0.29) is 6.04 Å². The van der Waals surface area contributed by atoms with Crippen LogP contribution in [0.25, 0.3) is 0 Å². The number of ether oxygens (including phenoxy) is 1. The Kier molecular flexibility index (Phi) is 3.49. The van der Waals surface area contributed by atoms with E-state index in [1.165, 1.54) is 11.1 Å². The topological polar surface area (TPSA) is 35.2 Å². The SMILES string of the molecule is CC(N)C(C)CCc1ccc2c(c1)CCO2. The Morgan fingerprint density at radius 3 is 2.94 bits per heavy atom. The number of rotatable bonds is 4. The maximum absolute atomic E-state index is 5.87. The van der Waals surface area contributed by atoms with Crippen LogP contribution in [0.5, 0.6) is 5.75 Å². The van der Waals surface area contributed by atoms with Crippen LogP contribution in [0.3, 0.4) is 0 Å².